The molecule has 33 heavy (non-hydrogen) atoms. The molecule has 1 aliphatic rings. The number of halogens is 1. The topological polar surface area (TPSA) is 29.5 Å². The van der Waals surface area contributed by atoms with Crippen molar-refractivity contribution in [3.63, 3.8) is 0 Å². The number of carbonyl (C=O) groups excluding carboxylic acids is 1. The first-order valence-electron chi connectivity index (χ1n) is 11.5. The Morgan fingerprint density at radius 3 is 2.30 bits per heavy atom. The molecule has 3 aromatic carbocycles. The van der Waals surface area contributed by atoms with Crippen LogP contribution >= 0.6 is 0 Å². The van der Waals surface area contributed by atoms with Crippen LogP contribution in [0.25, 0.3) is 5.57 Å². The maximum atomic E-state index is 14.1. The number of amides is 1. The van der Waals surface area contributed by atoms with Crippen LogP contribution in [0.2, 0.25) is 0 Å². The molecular formula is C29H30FNO2. The van der Waals surface area contributed by atoms with Crippen LogP contribution in [0.15, 0.2) is 84.9 Å². The number of allylic oxidation sites excluding steroid dienone is 1. The van der Waals surface area contributed by atoms with E-state index in [-0.39, 0.29) is 17.5 Å². The van der Waals surface area contributed by atoms with Gasteiger partial charge in [-0.05, 0) is 59.6 Å². The van der Waals surface area contributed by atoms with Gasteiger partial charge in [0.05, 0.1) is 13.5 Å². The number of carbonyl (C=O) groups is 1. The van der Waals surface area contributed by atoms with Gasteiger partial charge in [0.2, 0.25) is 5.91 Å². The minimum absolute atomic E-state index is 0.150. The molecule has 3 aromatic rings. The fraction of sp³-hybridized carbons (Fsp3) is 0.276. The van der Waals surface area contributed by atoms with Crippen molar-refractivity contribution in [1.29, 1.82) is 0 Å². The highest BCUT2D eigenvalue weighted by Gasteiger charge is 2.24. The Bertz CT molecular complexity index is 1090. The second-order valence-corrected chi connectivity index (χ2v) is 8.51. The van der Waals surface area contributed by atoms with E-state index in [0.29, 0.717) is 18.8 Å². The van der Waals surface area contributed by atoms with Crippen molar-refractivity contribution >= 4 is 11.5 Å². The lowest BCUT2D eigenvalue weighted by molar-refractivity contribution is -0.131. The van der Waals surface area contributed by atoms with E-state index in [0.717, 1.165) is 42.6 Å². The largest absolute Gasteiger partial charge is 0.494 e. The molecule has 0 saturated carbocycles. The number of ether oxygens (including phenoxy) is 1. The third-order valence-corrected chi connectivity index (χ3v) is 6.41. The molecule has 3 nitrogen and oxygen atoms in total. The van der Waals surface area contributed by atoms with Crippen molar-refractivity contribution in [2.45, 2.75) is 31.6 Å². The number of piperidine rings is 1. The van der Waals surface area contributed by atoms with E-state index in [1.165, 1.54) is 18.7 Å². The van der Waals surface area contributed by atoms with Gasteiger partial charge in [-0.3, -0.25) is 4.79 Å². The zero-order chi connectivity index (χ0) is 23.0. The Morgan fingerprint density at radius 1 is 1.00 bits per heavy atom. The van der Waals surface area contributed by atoms with Crippen LogP contribution in [0.4, 0.5) is 4.39 Å². The maximum Gasteiger partial charge on any atom is 0.227 e. The highest BCUT2D eigenvalue weighted by atomic mass is 19.1. The average Bonchev–Trinajstić information content (AvgIpc) is 2.87. The Labute approximate surface area is 195 Å². The van der Waals surface area contributed by atoms with Crippen LogP contribution in [-0.4, -0.2) is 31.0 Å². The van der Waals surface area contributed by atoms with Crippen molar-refractivity contribution in [3.05, 3.63) is 107 Å². The fourth-order valence-corrected chi connectivity index (χ4v) is 4.48. The molecule has 170 valence electrons. The molecule has 1 saturated heterocycles. The van der Waals surface area contributed by atoms with Crippen LogP contribution in [-0.2, 0) is 11.2 Å². The van der Waals surface area contributed by atoms with Crippen molar-refractivity contribution < 1.29 is 13.9 Å². The molecule has 0 aliphatic carbocycles. The van der Waals surface area contributed by atoms with Crippen molar-refractivity contribution in [1.82, 2.24) is 4.90 Å². The van der Waals surface area contributed by atoms with Crippen LogP contribution < -0.4 is 4.74 Å². The lowest BCUT2D eigenvalue weighted by Crippen LogP contribution is -2.37. The second-order valence-electron chi connectivity index (χ2n) is 8.51. The normalized spacial score (nSPS) is 14.8. The van der Waals surface area contributed by atoms with Crippen molar-refractivity contribution in [2.24, 2.45) is 0 Å². The van der Waals surface area contributed by atoms with E-state index < -0.39 is 0 Å². The molecule has 1 fully saturated rings. The van der Waals surface area contributed by atoms with Crippen LogP contribution in [0.5, 0.6) is 5.75 Å². The highest BCUT2D eigenvalue weighted by Crippen LogP contribution is 2.29. The van der Waals surface area contributed by atoms with Gasteiger partial charge in [0.15, 0.2) is 11.6 Å². The number of hydrogen-bond donors (Lipinski definition) is 0. The van der Waals surface area contributed by atoms with Gasteiger partial charge in [-0.15, -0.1) is 0 Å². The zero-order valence-corrected chi connectivity index (χ0v) is 19.0. The first kappa shape index (κ1) is 22.8. The van der Waals surface area contributed by atoms with Gasteiger partial charge in [-0.2, -0.15) is 0 Å². The van der Waals surface area contributed by atoms with Crippen LogP contribution in [0, 0.1) is 5.82 Å². The predicted molar refractivity (Wildman–Crippen MR) is 131 cm³/mol. The SMILES string of the molecule is COc1ccc(C/C=C(/CC(=O)N2CCC(c3ccccc3)CC2)c2ccccc2)cc1F. The minimum atomic E-state index is -0.373. The summed E-state index contributed by atoms with van der Waals surface area (Å²) in [6, 6.07) is 25.5. The third kappa shape index (κ3) is 5.89. The lowest BCUT2D eigenvalue weighted by Gasteiger charge is -2.32. The van der Waals surface area contributed by atoms with Crippen LogP contribution in [0.1, 0.15) is 41.9 Å². The molecule has 0 aromatic heterocycles. The quantitative estimate of drug-likeness (QED) is 0.432. The summed E-state index contributed by atoms with van der Waals surface area (Å²) in [5, 5.41) is 0. The molecular weight excluding hydrogens is 413 g/mol. The monoisotopic (exact) mass is 443 g/mol. The van der Waals surface area contributed by atoms with E-state index >= 15 is 0 Å². The summed E-state index contributed by atoms with van der Waals surface area (Å²) in [4.78, 5) is 15.2. The van der Waals surface area contributed by atoms with E-state index in [1.807, 2.05) is 53.4 Å². The minimum Gasteiger partial charge on any atom is -0.494 e. The van der Waals surface area contributed by atoms with E-state index in [4.69, 9.17) is 4.74 Å². The summed E-state index contributed by atoms with van der Waals surface area (Å²) in [5.74, 6) is 0.531. The van der Waals surface area contributed by atoms with Gasteiger partial charge in [0.25, 0.3) is 0 Å². The number of hydrogen-bond acceptors (Lipinski definition) is 2. The standard InChI is InChI=1S/C29H30FNO2/c1-33-28-15-13-22(20-27(28)30)12-14-26(24-10-6-3-7-11-24)21-29(32)31-18-16-25(17-19-31)23-8-4-2-5-9-23/h2-11,13-15,20,25H,12,16-19,21H2,1H3/b26-14-. The van der Waals surface area contributed by atoms with Gasteiger partial charge in [-0.25, -0.2) is 4.39 Å². The first-order chi connectivity index (χ1) is 16.1. The van der Waals surface area contributed by atoms with E-state index in [2.05, 4.69) is 24.3 Å². The van der Waals surface area contributed by atoms with Crippen molar-refractivity contribution in [2.75, 3.05) is 20.2 Å². The number of rotatable bonds is 7. The summed E-state index contributed by atoms with van der Waals surface area (Å²) < 4.78 is 19.1. The molecule has 4 heteroatoms. The second kappa shape index (κ2) is 11.0. The molecule has 0 spiro atoms. The van der Waals surface area contributed by atoms with E-state index in [9.17, 15) is 9.18 Å². The maximum absolute atomic E-state index is 14.1. The molecule has 1 aliphatic heterocycles. The first-order valence-corrected chi connectivity index (χ1v) is 11.5. The number of likely N-dealkylation sites (tertiary alicyclic amines) is 1. The molecule has 0 bridgehead atoms. The summed E-state index contributed by atoms with van der Waals surface area (Å²) in [7, 11) is 1.46. The molecule has 0 atom stereocenters. The highest BCUT2D eigenvalue weighted by molar-refractivity contribution is 5.89. The van der Waals surface area contributed by atoms with Crippen molar-refractivity contribution in [3.8, 4) is 5.75 Å². The molecule has 1 amide bonds. The lowest BCUT2D eigenvalue weighted by atomic mass is 9.89. The molecule has 0 N–H and O–H groups in total. The van der Waals surface area contributed by atoms with Gasteiger partial charge < -0.3 is 9.64 Å². The summed E-state index contributed by atoms with van der Waals surface area (Å²) in [6.07, 6.45) is 4.93. The molecule has 0 unspecified atom stereocenters. The van der Waals surface area contributed by atoms with Gasteiger partial charge >= 0.3 is 0 Å². The smallest absolute Gasteiger partial charge is 0.227 e. The summed E-state index contributed by atoms with van der Waals surface area (Å²) >= 11 is 0. The van der Waals surface area contributed by atoms with Crippen LogP contribution in [0.3, 0.4) is 0 Å². The molecule has 4 rings (SSSR count). The summed E-state index contributed by atoms with van der Waals surface area (Å²) in [5.41, 5.74) is 4.21. The zero-order valence-electron chi connectivity index (χ0n) is 19.0. The molecule has 1 heterocycles. The summed E-state index contributed by atoms with van der Waals surface area (Å²) in [6.45, 7) is 1.56. The van der Waals surface area contributed by atoms with E-state index in [1.54, 1.807) is 6.07 Å². The fourth-order valence-electron chi connectivity index (χ4n) is 4.48. The Hall–Kier alpha value is -3.40. The van der Waals surface area contributed by atoms with Gasteiger partial charge in [0, 0.05) is 13.1 Å². The Balaban J connectivity index is 1.44. The third-order valence-electron chi connectivity index (χ3n) is 6.41. The Morgan fingerprint density at radius 2 is 1.67 bits per heavy atom. The Kier molecular flexibility index (Phi) is 7.56. The predicted octanol–water partition coefficient (Wildman–Crippen LogP) is 6.26. The number of nitrogens with zero attached hydrogens (tertiary/aromatic N) is 1. The average molecular weight is 444 g/mol. The number of benzene rings is 3. The number of methoxy groups -OCH3 is 1. The van der Waals surface area contributed by atoms with Gasteiger partial charge in [0.1, 0.15) is 0 Å². The van der Waals surface area contributed by atoms with Gasteiger partial charge in [-0.1, -0.05) is 72.8 Å². The molecule has 0 radical (unpaired) electrons.